The van der Waals surface area contributed by atoms with Crippen molar-refractivity contribution in [3.05, 3.63) is 23.5 Å². The maximum atomic E-state index is 12.9. The SMILES string of the molecule is CCCCCCCCCCOC(=O)C1CCC2C(C(=O)OC)=CN(CCCC[C@H](N)C(=O)O)C=C12. The van der Waals surface area contributed by atoms with Gasteiger partial charge in [-0.3, -0.25) is 9.59 Å². The van der Waals surface area contributed by atoms with Gasteiger partial charge in [0.2, 0.25) is 0 Å². The Morgan fingerprint density at radius 1 is 1.03 bits per heavy atom. The minimum absolute atomic E-state index is 0.125. The molecule has 2 aliphatic rings. The van der Waals surface area contributed by atoms with Crippen LogP contribution in [0.5, 0.6) is 0 Å². The molecule has 0 bridgehead atoms. The van der Waals surface area contributed by atoms with E-state index >= 15 is 0 Å². The summed E-state index contributed by atoms with van der Waals surface area (Å²) in [5.41, 5.74) is 7.05. The van der Waals surface area contributed by atoms with Crippen molar-refractivity contribution in [2.75, 3.05) is 20.3 Å². The van der Waals surface area contributed by atoms with Crippen LogP contribution in [0.4, 0.5) is 0 Å². The Morgan fingerprint density at radius 3 is 2.37 bits per heavy atom. The van der Waals surface area contributed by atoms with Crippen LogP contribution in [0, 0.1) is 11.8 Å². The van der Waals surface area contributed by atoms with Crippen LogP contribution in [0.25, 0.3) is 0 Å². The summed E-state index contributed by atoms with van der Waals surface area (Å²) < 4.78 is 10.6. The fraction of sp³-hybridized carbons (Fsp3) is 0.741. The van der Waals surface area contributed by atoms with E-state index in [2.05, 4.69) is 6.92 Å². The maximum Gasteiger partial charge on any atom is 0.335 e. The molecule has 1 saturated carbocycles. The standard InChI is InChI=1S/C27H44N2O6/c1-3-4-5-6-7-8-9-12-17-35-27(33)21-15-14-20-22(21)18-29(19-23(20)26(32)34-2)16-11-10-13-24(28)25(30)31/h18-21,24H,3-17,28H2,1-2H3,(H,30,31)/t20?,21?,24-/m0/s1. The highest BCUT2D eigenvalue weighted by Crippen LogP contribution is 2.44. The van der Waals surface area contributed by atoms with Gasteiger partial charge in [-0.2, -0.15) is 0 Å². The fourth-order valence-electron chi connectivity index (χ4n) is 4.91. The van der Waals surface area contributed by atoms with Crippen LogP contribution < -0.4 is 5.73 Å². The van der Waals surface area contributed by atoms with E-state index in [0.29, 0.717) is 50.8 Å². The highest BCUT2D eigenvalue weighted by atomic mass is 16.5. The zero-order valence-corrected chi connectivity index (χ0v) is 21.5. The second kappa shape index (κ2) is 15.6. The van der Waals surface area contributed by atoms with Gasteiger partial charge in [0, 0.05) is 24.9 Å². The summed E-state index contributed by atoms with van der Waals surface area (Å²) in [5.74, 6) is -2.06. The molecular formula is C27H44N2O6. The third-order valence-corrected chi connectivity index (χ3v) is 6.99. The van der Waals surface area contributed by atoms with Gasteiger partial charge in [0.05, 0.1) is 25.2 Å². The number of esters is 2. The summed E-state index contributed by atoms with van der Waals surface area (Å²) in [5, 5.41) is 8.93. The van der Waals surface area contributed by atoms with Crippen LogP contribution in [0.1, 0.15) is 90.4 Å². The first-order valence-corrected chi connectivity index (χ1v) is 13.3. The monoisotopic (exact) mass is 492 g/mol. The van der Waals surface area contributed by atoms with Crippen molar-refractivity contribution in [1.29, 1.82) is 0 Å². The first-order chi connectivity index (χ1) is 16.9. The molecule has 0 aromatic rings. The Morgan fingerprint density at radius 2 is 1.71 bits per heavy atom. The van der Waals surface area contributed by atoms with E-state index in [1.165, 1.54) is 45.6 Å². The van der Waals surface area contributed by atoms with Crippen LogP contribution in [0.15, 0.2) is 23.5 Å². The molecule has 1 aliphatic carbocycles. The molecule has 1 heterocycles. The van der Waals surface area contributed by atoms with Crippen molar-refractivity contribution in [3.63, 3.8) is 0 Å². The van der Waals surface area contributed by atoms with Crippen molar-refractivity contribution in [3.8, 4) is 0 Å². The number of rotatable bonds is 17. The minimum atomic E-state index is -1.000. The Labute approximate surface area is 209 Å². The number of carbonyl (C=O) groups is 3. The molecule has 0 spiro atoms. The Bertz CT molecular complexity index is 763. The number of fused-ring (bicyclic) bond motifs is 1. The molecule has 1 aliphatic heterocycles. The summed E-state index contributed by atoms with van der Waals surface area (Å²) in [4.78, 5) is 38.1. The normalized spacial score (nSPS) is 20.0. The summed E-state index contributed by atoms with van der Waals surface area (Å²) >= 11 is 0. The first kappa shape index (κ1) is 28.9. The van der Waals surface area contributed by atoms with Gasteiger partial charge in [-0.05, 0) is 44.1 Å². The number of carboxylic acids is 1. The lowest BCUT2D eigenvalue weighted by Gasteiger charge is -2.28. The van der Waals surface area contributed by atoms with Crippen LogP contribution in [-0.4, -0.2) is 54.2 Å². The zero-order chi connectivity index (χ0) is 25.6. The third-order valence-electron chi connectivity index (χ3n) is 6.99. The van der Waals surface area contributed by atoms with Crippen LogP contribution >= 0.6 is 0 Å². The number of unbranched alkanes of at least 4 members (excludes halogenated alkanes) is 8. The van der Waals surface area contributed by atoms with E-state index in [-0.39, 0.29) is 23.8 Å². The number of nitrogens with two attached hydrogens (primary N) is 1. The predicted molar refractivity (Wildman–Crippen MR) is 134 cm³/mol. The van der Waals surface area contributed by atoms with Crippen molar-refractivity contribution in [2.24, 2.45) is 17.6 Å². The highest BCUT2D eigenvalue weighted by molar-refractivity contribution is 5.91. The third kappa shape index (κ3) is 9.32. The lowest BCUT2D eigenvalue weighted by molar-refractivity contribution is -0.147. The lowest BCUT2D eigenvalue weighted by Crippen LogP contribution is -2.30. The molecule has 35 heavy (non-hydrogen) atoms. The van der Waals surface area contributed by atoms with Crippen LogP contribution in [0.2, 0.25) is 0 Å². The van der Waals surface area contributed by atoms with Crippen LogP contribution in [-0.2, 0) is 23.9 Å². The van der Waals surface area contributed by atoms with Gasteiger partial charge in [-0.15, -0.1) is 0 Å². The van der Waals surface area contributed by atoms with E-state index in [4.69, 9.17) is 20.3 Å². The molecule has 1 fully saturated rings. The number of hydrogen-bond donors (Lipinski definition) is 2. The van der Waals surface area contributed by atoms with E-state index in [1.54, 1.807) is 6.20 Å². The summed E-state index contributed by atoms with van der Waals surface area (Å²) in [7, 11) is 1.36. The maximum absolute atomic E-state index is 12.9. The highest BCUT2D eigenvalue weighted by Gasteiger charge is 2.42. The molecule has 3 N–H and O–H groups in total. The topological polar surface area (TPSA) is 119 Å². The Balaban J connectivity index is 1.86. The summed E-state index contributed by atoms with van der Waals surface area (Å²) in [6.07, 6.45) is 16.4. The average molecular weight is 493 g/mol. The number of carboxylic acid groups (broad SMARTS) is 1. The quantitative estimate of drug-likeness (QED) is 0.224. The summed E-state index contributed by atoms with van der Waals surface area (Å²) in [6, 6.07) is -0.865. The molecule has 8 heteroatoms. The number of nitrogens with zero attached hydrogens (tertiary/aromatic N) is 1. The van der Waals surface area contributed by atoms with Gasteiger partial charge >= 0.3 is 17.9 Å². The Kier molecular flexibility index (Phi) is 12.9. The van der Waals surface area contributed by atoms with E-state index in [1.807, 2.05) is 11.1 Å². The minimum Gasteiger partial charge on any atom is -0.480 e. The van der Waals surface area contributed by atoms with Crippen molar-refractivity contribution >= 4 is 17.9 Å². The number of carbonyl (C=O) groups excluding carboxylic acids is 2. The molecule has 2 unspecified atom stereocenters. The van der Waals surface area contributed by atoms with Gasteiger partial charge < -0.3 is 25.2 Å². The van der Waals surface area contributed by atoms with E-state index < -0.39 is 12.0 Å². The second-order valence-corrected chi connectivity index (χ2v) is 9.71. The van der Waals surface area contributed by atoms with Gasteiger partial charge in [-0.1, -0.05) is 51.9 Å². The first-order valence-electron chi connectivity index (χ1n) is 13.3. The van der Waals surface area contributed by atoms with Gasteiger partial charge in [0.15, 0.2) is 0 Å². The zero-order valence-electron chi connectivity index (χ0n) is 21.5. The van der Waals surface area contributed by atoms with Crippen LogP contribution in [0.3, 0.4) is 0 Å². The average Bonchev–Trinajstić information content (AvgIpc) is 3.28. The van der Waals surface area contributed by atoms with Gasteiger partial charge in [0.25, 0.3) is 0 Å². The molecule has 8 nitrogen and oxygen atoms in total. The predicted octanol–water partition coefficient (Wildman–Crippen LogP) is 4.54. The molecule has 0 aromatic heterocycles. The molecule has 198 valence electrons. The molecule has 0 saturated heterocycles. The van der Waals surface area contributed by atoms with E-state index in [9.17, 15) is 14.4 Å². The number of ether oxygens (including phenoxy) is 2. The summed E-state index contributed by atoms with van der Waals surface area (Å²) in [6.45, 7) is 3.26. The van der Waals surface area contributed by atoms with Gasteiger partial charge in [-0.25, -0.2) is 4.79 Å². The molecular weight excluding hydrogens is 448 g/mol. The molecule has 2 rings (SSSR count). The molecule has 3 atom stereocenters. The van der Waals surface area contributed by atoms with E-state index in [0.717, 1.165) is 18.4 Å². The van der Waals surface area contributed by atoms with Crippen molar-refractivity contribution < 1.29 is 29.0 Å². The fourth-order valence-corrected chi connectivity index (χ4v) is 4.91. The van der Waals surface area contributed by atoms with Crippen molar-refractivity contribution in [1.82, 2.24) is 4.90 Å². The smallest absolute Gasteiger partial charge is 0.335 e. The number of methoxy groups -OCH3 is 1. The largest absolute Gasteiger partial charge is 0.480 e. The van der Waals surface area contributed by atoms with Crippen molar-refractivity contribution in [2.45, 2.75) is 96.4 Å². The molecule has 0 radical (unpaired) electrons. The number of aliphatic carboxylic acids is 1. The molecule has 0 amide bonds. The Hall–Kier alpha value is -2.35. The lowest BCUT2D eigenvalue weighted by atomic mass is 9.89. The second-order valence-electron chi connectivity index (χ2n) is 9.71. The molecule has 0 aromatic carbocycles. The number of hydrogen-bond acceptors (Lipinski definition) is 7. The van der Waals surface area contributed by atoms with Gasteiger partial charge in [0.1, 0.15) is 6.04 Å².